The summed E-state index contributed by atoms with van der Waals surface area (Å²) in [5.74, 6) is -0.667. The first-order chi connectivity index (χ1) is 12.5. The molecule has 0 aromatic heterocycles. The lowest BCUT2D eigenvalue weighted by atomic mass is 9.91. The normalized spacial score (nSPS) is 19.8. The number of hydrogen-bond acceptors (Lipinski definition) is 5. The number of halogens is 1. The van der Waals surface area contributed by atoms with E-state index >= 15 is 0 Å². The molecule has 1 amide bonds. The zero-order chi connectivity index (χ0) is 18.3. The van der Waals surface area contributed by atoms with Gasteiger partial charge in [0.05, 0.1) is 17.3 Å². The van der Waals surface area contributed by atoms with Crippen LogP contribution in [0.25, 0.3) is 5.70 Å². The predicted molar refractivity (Wildman–Crippen MR) is 94.2 cm³/mol. The second kappa shape index (κ2) is 6.46. The zero-order valence-corrected chi connectivity index (χ0v) is 14.6. The predicted octanol–water partition coefficient (Wildman–Crippen LogP) is 2.23. The third-order valence-electron chi connectivity index (χ3n) is 4.49. The lowest BCUT2D eigenvalue weighted by Crippen LogP contribution is -2.34. The van der Waals surface area contributed by atoms with E-state index in [1.54, 1.807) is 31.2 Å². The molecule has 0 fully saturated rings. The first-order valence-corrected chi connectivity index (χ1v) is 8.54. The molecule has 0 N–H and O–H groups in total. The van der Waals surface area contributed by atoms with Gasteiger partial charge in [-0.1, -0.05) is 29.8 Å². The summed E-state index contributed by atoms with van der Waals surface area (Å²) in [6, 6.07) is 11.9. The highest BCUT2D eigenvalue weighted by molar-refractivity contribution is 6.30. The second-order valence-electron chi connectivity index (χ2n) is 6.22. The molecular formula is C19H14ClN3O3. The molecule has 0 spiro atoms. The van der Waals surface area contributed by atoms with Gasteiger partial charge in [0.15, 0.2) is 5.70 Å². The molecule has 2 aromatic rings. The summed E-state index contributed by atoms with van der Waals surface area (Å²) >= 11 is 5.92. The minimum absolute atomic E-state index is 0.160. The van der Waals surface area contributed by atoms with Crippen molar-refractivity contribution in [3.8, 4) is 5.75 Å². The van der Waals surface area contributed by atoms with E-state index in [4.69, 9.17) is 16.3 Å². The number of rotatable bonds is 3. The average Bonchev–Trinajstić information content (AvgIpc) is 2.93. The number of nitrogens with zero attached hydrogens (tertiary/aromatic N) is 3. The summed E-state index contributed by atoms with van der Waals surface area (Å²) in [6.45, 7) is 1.78. The number of carbonyl (C=O) groups is 2. The van der Waals surface area contributed by atoms with E-state index in [0.717, 1.165) is 5.56 Å². The van der Waals surface area contributed by atoms with Crippen molar-refractivity contribution in [1.29, 1.82) is 0 Å². The number of benzene rings is 2. The summed E-state index contributed by atoms with van der Waals surface area (Å²) in [5.41, 5.74) is 1.12. The standard InChI is InChI=1S/C19H14ClN3O3/c1-10(14-8-11-4-2-3-5-16(11)26-19(14)25)22-23-17-13-7-6-12(20)9-15(13)21-18(17)24/h2-7,9-10,14H,8H2,1H3. The Balaban J connectivity index is 1.61. The fourth-order valence-electron chi connectivity index (χ4n) is 3.04. The molecule has 2 aromatic carbocycles. The minimum Gasteiger partial charge on any atom is -0.426 e. The van der Waals surface area contributed by atoms with Crippen LogP contribution in [-0.4, -0.2) is 17.9 Å². The molecule has 2 heterocycles. The Morgan fingerprint density at radius 3 is 2.88 bits per heavy atom. The summed E-state index contributed by atoms with van der Waals surface area (Å²) in [5, 5.41) is 9.85. The monoisotopic (exact) mass is 367 g/mol. The van der Waals surface area contributed by atoms with Crippen molar-refractivity contribution < 1.29 is 14.3 Å². The van der Waals surface area contributed by atoms with Gasteiger partial charge in [-0.25, -0.2) is 4.99 Å². The molecule has 7 heteroatoms. The van der Waals surface area contributed by atoms with E-state index in [0.29, 0.717) is 27.8 Å². The van der Waals surface area contributed by atoms with E-state index in [-0.39, 0.29) is 11.7 Å². The van der Waals surface area contributed by atoms with Gasteiger partial charge in [0.1, 0.15) is 5.75 Å². The maximum Gasteiger partial charge on any atom is 0.316 e. The molecule has 2 aliphatic heterocycles. The van der Waals surface area contributed by atoms with Crippen LogP contribution in [0.2, 0.25) is 5.02 Å². The Morgan fingerprint density at radius 2 is 2.04 bits per heavy atom. The molecular weight excluding hydrogens is 354 g/mol. The molecule has 6 nitrogen and oxygen atoms in total. The third-order valence-corrected chi connectivity index (χ3v) is 4.72. The molecule has 2 aliphatic rings. The van der Waals surface area contributed by atoms with Crippen molar-refractivity contribution in [2.75, 3.05) is 0 Å². The number of amides is 1. The zero-order valence-electron chi connectivity index (χ0n) is 13.8. The molecule has 2 unspecified atom stereocenters. The highest BCUT2D eigenvalue weighted by atomic mass is 35.5. The average molecular weight is 368 g/mol. The maximum absolute atomic E-state index is 12.3. The van der Waals surface area contributed by atoms with Crippen molar-refractivity contribution in [1.82, 2.24) is 0 Å². The van der Waals surface area contributed by atoms with Crippen molar-refractivity contribution >= 4 is 29.2 Å². The van der Waals surface area contributed by atoms with Crippen molar-refractivity contribution in [2.45, 2.75) is 19.4 Å². The Kier molecular flexibility index (Phi) is 4.12. The Labute approximate surface area is 153 Å². The lowest BCUT2D eigenvalue weighted by Gasteiger charge is -2.25. The minimum atomic E-state index is -0.463. The summed E-state index contributed by atoms with van der Waals surface area (Å²) in [6.07, 6.45) is 0.523. The number of para-hydroxylation sites is 1. The van der Waals surface area contributed by atoms with E-state index in [1.165, 1.54) is 0 Å². The number of azo groups is 1. The highest BCUT2D eigenvalue weighted by Gasteiger charge is 2.33. The topological polar surface area (TPSA) is 80.4 Å². The van der Waals surface area contributed by atoms with E-state index < -0.39 is 17.9 Å². The van der Waals surface area contributed by atoms with Gasteiger partial charge in [0.2, 0.25) is 0 Å². The van der Waals surface area contributed by atoms with Crippen LogP contribution in [0.1, 0.15) is 12.5 Å². The van der Waals surface area contributed by atoms with Gasteiger partial charge in [-0.3, -0.25) is 9.59 Å². The van der Waals surface area contributed by atoms with Crippen LogP contribution in [0.15, 0.2) is 57.7 Å². The van der Waals surface area contributed by atoms with Gasteiger partial charge < -0.3 is 4.74 Å². The van der Waals surface area contributed by atoms with Crippen LogP contribution in [0.5, 0.6) is 5.75 Å². The molecule has 0 saturated heterocycles. The van der Waals surface area contributed by atoms with Crippen LogP contribution in [0, 0.1) is 5.92 Å². The van der Waals surface area contributed by atoms with Crippen LogP contribution >= 0.6 is 11.6 Å². The molecule has 2 atom stereocenters. The third kappa shape index (κ3) is 2.93. The molecule has 0 saturated carbocycles. The van der Waals surface area contributed by atoms with Gasteiger partial charge in [-0.2, -0.15) is 5.11 Å². The van der Waals surface area contributed by atoms with Crippen LogP contribution < -0.4 is 15.3 Å². The van der Waals surface area contributed by atoms with Crippen molar-refractivity contribution in [3.05, 3.63) is 63.6 Å². The first-order valence-electron chi connectivity index (χ1n) is 8.16. The number of carbonyl (C=O) groups excluding carboxylic acids is 2. The summed E-state index contributed by atoms with van der Waals surface area (Å²) < 4.78 is 5.38. The largest absolute Gasteiger partial charge is 0.426 e. The van der Waals surface area contributed by atoms with Crippen LogP contribution in [-0.2, 0) is 16.0 Å². The van der Waals surface area contributed by atoms with E-state index in [9.17, 15) is 9.59 Å². The van der Waals surface area contributed by atoms with E-state index in [1.807, 2.05) is 18.2 Å². The SMILES string of the molecule is CC(N=NC1=c2ccc(Cl)cc2=NC1=O)C1Cc2ccccc2OC1=O. The number of ether oxygens (including phenoxy) is 1. The highest BCUT2D eigenvalue weighted by Crippen LogP contribution is 2.30. The van der Waals surface area contributed by atoms with Crippen LogP contribution in [0.3, 0.4) is 0 Å². The van der Waals surface area contributed by atoms with Gasteiger partial charge >= 0.3 is 5.97 Å². The summed E-state index contributed by atoms with van der Waals surface area (Å²) in [7, 11) is 0. The Morgan fingerprint density at radius 1 is 1.23 bits per heavy atom. The number of fused-ring (bicyclic) bond motifs is 2. The fourth-order valence-corrected chi connectivity index (χ4v) is 3.21. The first kappa shape index (κ1) is 16.6. The Bertz CT molecular complexity index is 1080. The quantitative estimate of drug-likeness (QED) is 0.474. The number of esters is 1. The molecule has 0 radical (unpaired) electrons. The summed E-state index contributed by atoms with van der Waals surface area (Å²) in [4.78, 5) is 28.3. The van der Waals surface area contributed by atoms with Crippen molar-refractivity contribution in [2.24, 2.45) is 21.1 Å². The van der Waals surface area contributed by atoms with E-state index in [2.05, 4.69) is 15.2 Å². The molecule has 0 bridgehead atoms. The number of hydrogen-bond donors (Lipinski definition) is 0. The second-order valence-corrected chi connectivity index (χ2v) is 6.66. The lowest BCUT2D eigenvalue weighted by molar-refractivity contribution is -0.140. The molecule has 130 valence electrons. The maximum atomic E-state index is 12.3. The molecule has 26 heavy (non-hydrogen) atoms. The van der Waals surface area contributed by atoms with Gasteiger partial charge in [-0.05, 0) is 43.2 Å². The fraction of sp³-hybridized carbons (Fsp3) is 0.211. The smallest absolute Gasteiger partial charge is 0.316 e. The molecule has 4 rings (SSSR count). The molecule has 0 aliphatic carbocycles. The van der Waals surface area contributed by atoms with Crippen molar-refractivity contribution in [3.63, 3.8) is 0 Å². The van der Waals surface area contributed by atoms with Crippen LogP contribution in [0.4, 0.5) is 0 Å². The Hall–Kier alpha value is -2.86. The van der Waals surface area contributed by atoms with Gasteiger partial charge in [0, 0.05) is 10.2 Å². The van der Waals surface area contributed by atoms with Gasteiger partial charge in [0.25, 0.3) is 5.91 Å². The van der Waals surface area contributed by atoms with Gasteiger partial charge in [-0.15, -0.1) is 5.11 Å².